The number of benzene rings is 2. The first kappa shape index (κ1) is 22.8. The molecular weight excluding hydrogens is 427 g/mol. The van der Waals surface area contributed by atoms with E-state index in [0.29, 0.717) is 17.1 Å². The monoisotopic (exact) mass is 449 g/mol. The normalized spacial score (nSPS) is 11.5. The number of alkyl halides is 3. The van der Waals surface area contributed by atoms with Crippen LogP contribution in [-0.2, 0) is 24.3 Å². The molecule has 1 heterocycles. The summed E-state index contributed by atoms with van der Waals surface area (Å²) in [6.45, 7) is 2.66. The number of rotatable bonds is 8. The average molecular weight is 449 g/mol. The van der Waals surface area contributed by atoms with Gasteiger partial charge in [0, 0.05) is 29.7 Å². The molecule has 31 heavy (non-hydrogen) atoms. The SMILES string of the molecule is Cc1ccc(NC(=O)Cc2nc(CN(C)Cc3ccccc3OC(F)(F)F)cs2)cc1. The van der Waals surface area contributed by atoms with E-state index in [2.05, 4.69) is 15.0 Å². The zero-order chi connectivity index (χ0) is 22.4. The van der Waals surface area contributed by atoms with Crippen molar-refractivity contribution in [1.29, 1.82) is 0 Å². The summed E-state index contributed by atoms with van der Waals surface area (Å²) < 4.78 is 41.9. The number of hydrogen-bond acceptors (Lipinski definition) is 5. The largest absolute Gasteiger partial charge is 0.573 e. The Bertz CT molecular complexity index is 1020. The van der Waals surface area contributed by atoms with Crippen LogP contribution >= 0.6 is 11.3 Å². The Morgan fingerprint density at radius 3 is 2.55 bits per heavy atom. The predicted octanol–water partition coefficient (Wildman–Crippen LogP) is 5.16. The predicted molar refractivity (Wildman–Crippen MR) is 114 cm³/mol. The highest BCUT2D eigenvalue weighted by Crippen LogP contribution is 2.27. The number of anilines is 1. The lowest BCUT2D eigenvalue weighted by Crippen LogP contribution is -2.21. The number of ether oxygens (including phenoxy) is 1. The van der Waals surface area contributed by atoms with Crippen LogP contribution in [0.5, 0.6) is 5.75 Å². The van der Waals surface area contributed by atoms with Crippen LogP contribution in [0.4, 0.5) is 18.9 Å². The van der Waals surface area contributed by atoms with Crippen LogP contribution in [0.1, 0.15) is 21.8 Å². The maximum atomic E-state index is 12.6. The lowest BCUT2D eigenvalue weighted by atomic mass is 10.2. The summed E-state index contributed by atoms with van der Waals surface area (Å²) in [6.07, 6.45) is -4.58. The number of thiazole rings is 1. The standard InChI is InChI=1S/C22H22F3N3O2S/c1-15-7-9-17(10-8-15)26-20(29)11-21-27-18(14-31-21)13-28(2)12-16-5-3-4-6-19(16)30-22(23,24)25/h3-10,14H,11-13H2,1-2H3,(H,26,29). The van der Waals surface area contributed by atoms with Gasteiger partial charge in [-0.25, -0.2) is 4.98 Å². The third-order valence-electron chi connectivity index (χ3n) is 4.32. The number of aryl methyl sites for hydroxylation is 1. The zero-order valence-corrected chi connectivity index (χ0v) is 17.9. The highest BCUT2D eigenvalue weighted by molar-refractivity contribution is 7.09. The number of hydrogen-bond donors (Lipinski definition) is 1. The van der Waals surface area contributed by atoms with E-state index in [-0.39, 0.29) is 24.6 Å². The fraction of sp³-hybridized carbons (Fsp3) is 0.273. The van der Waals surface area contributed by atoms with E-state index < -0.39 is 6.36 Å². The Morgan fingerprint density at radius 1 is 1.13 bits per heavy atom. The van der Waals surface area contributed by atoms with Gasteiger partial charge in [0.05, 0.1) is 12.1 Å². The Kier molecular flexibility index (Phi) is 7.29. The summed E-state index contributed by atoms with van der Waals surface area (Å²) in [6, 6.07) is 13.6. The molecule has 0 saturated heterocycles. The van der Waals surface area contributed by atoms with Crippen LogP contribution in [0.15, 0.2) is 53.9 Å². The highest BCUT2D eigenvalue weighted by atomic mass is 32.1. The summed E-state index contributed by atoms with van der Waals surface area (Å²) in [5.74, 6) is -0.370. The van der Waals surface area contributed by atoms with E-state index in [1.54, 1.807) is 19.2 Å². The molecule has 0 fully saturated rings. The molecule has 3 rings (SSSR count). The lowest BCUT2D eigenvalue weighted by molar-refractivity contribution is -0.275. The van der Waals surface area contributed by atoms with Crippen molar-refractivity contribution in [2.45, 2.75) is 32.8 Å². The number of aromatic nitrogens is 1. The number of nitrogens with zero attached hydrogens (tertiary/aromatic N) is 2. The number of amides is 1. The number of halogens is 3. The molecule has 1 aromatic heterocycles. The Morgan fingerprint density at radius 2 is 1.84 bits per heavy atom. The molecule has 0 bridgehead atoms. The molecule has 0 saturated carbocycles. The second-order valence-electron chi connectivity index (χ2n) is 7.15. The van der Waals surface area contributed by atoms with E-state index >= 15 is 0 Å². The molecule has 0 aliphatic carbocycles. The average Bonchev–Trinajstić information content (AvgIpc) is 3.10. The van der Waals surface area contributed by atoms with Crippen molar-refractivity contribution >= 4 is 22.9 Å². The van der Waals surface area contributed by atoms with Crippen molar-refractivity contribution in [2.75, 3.05) is 12.4 Å². The topological polar surface area (TPSA) is 54.5 Å². The van der Waals surface area contributed by atoms with Crippen LogP contribution in [0.3, 0.4) is 0 Å². The summed E-state index contributed by atoms with van der Waals surface area (Å²) in [5, 5.41) is 5.36. The van der Waals surface area contributed by atoms with Gasteiger partial charge in [-0.15, -0.1) is 24.5 Å². The third-order valence-corrected chi connectivity index (χ3v) is 5.21. The van der Waals surface area contributed by atoms with E-state index in [1.807, 2.05) is 41.5 Å². The quantitative estimate of drug-likeness (QED) is 0.516. The van der Waals surface area contributed by atoms with Gasteiger partial charge in [-0.1, -0.05) is 35.9 Å². The van der Waals surface area contributed by atoms with Crippen molar-refractivity contribution < 1.29 is 22.7 Å². The minimum Gasteiger partial charge on any atom is -0.405 e. The van der Waals surface area contributed by atoms with Gasteiger partial charge in [-0.2, -0.15) is 0 Å². The maximum Gasteiger partial charge on any atom is 0.573 e. The van der Waals surface area contributed by atoms with E-state index in [0.717, 1.165) is 16.9 Å². The molecule has 0 aliphatic rings. The summed E-state index contributed by atoms with van der Waals surface area (Å²) in [7, 11) is 1.79. The molecule has 0 radical (unpaired) electrons. The number of para-hydroxylation sites is 1. The zero-order valence-electron chi connectivity index (χ0n) is 17.1. The van der Waals surface area contributed by atoms with Gasteiger partial charge in [0.2, 0.25) is 5.91 Å². The Hall–Kier alpha value is -2.91. The molecule has 1 amide bonds. The lowest BCUT2D eigenvalue weighted by Gasteiger charge is -2.18. The second kappa shape index (κ2) is 9.93. The van der Waals surface area contributed by atoms with Crippen molar-refractivity contribution in [3.05, 3.63) is 75.7 Å². The van der Waals surface area contributed by atoms with Gasteiger partial charge in [0.15, 0.2) is 0 Å². The van der Waals surface area contributed by atoms with Crippen molar-refractivity contribution in [3.8, 4) is 5.75 Å². The molecule has 3 aromatic rings. The molecule has 0 aliphatic heterocycles. The van der Waals surface area contributed by atoms with Crippen molar-refractivity contribution in [3.63, 3.8) is 0 Å². The fourth-order valence-corrected chi connectivity index (χ4v) is 3.75. The van der Waals surface area contributed by atoms with E-state index in [4.69, 9.17) is 0 Å². The van der Waals surface area contributed by atoms with Crippen LogP contribution in [0, 0.1) is 6.92 Å². The fourth-order valence-electron chi connectivity index (χ4n) is 2.96. The molecule has 1 N–H and O–H groups in total. The minimum atomic E-state index is -4.74. The van der Waals surface area contributed by atoms with E-state index in [1.165, 1.54) is 23.5 Å². The van der Waals surface area contributed by atoms with Crippen molar-refractivity contribution in [1.82, 2.24) is 9.88 Å². The minimum absolute atomic E-state index is 0.156. The number of nitrogens with one attached hydrogen (secondary N) is 1. The van der Waals surface area contributed by atoms with Gasteiger partial charge in [0.1, 0.15) is 10.8 Å². The molecule has 0 atom stereocenters. The molecular formula is C22H22F3N3O2S. The van der Waals surface area contributed by atoms with Crippen LogP contribution in [0.25, 0.3) is 0 Å². The summed E-state index contributed by atoms with van der Waals surface area (Å²) >= 11 is 1.38. The highest BCUT2D eigenvalue weighted by Gasteiger charge is 2.32. The van der Waals surface area contributed by atoms with Gasteiger partial charge in [-0.3, -0.25) is 9.69 Å². The van der Waals surface area contributed by atoms with Gasteiger partial charge in [0.25, 0.3) is 0 Å². The number of carbonyl (C=O) groups excluding carboxylic acids is 1. The molecule has 164 valence electrons. The van der Waals surface area contributed by atoms with Crippen LogP contribution in [-0.4, -0.2) is 29.2 Å². The van der Waals surface area contributed by atoms with Gasteiger partial charge in [-0.05, 0) is 32.2 Å². The first-order chi connectivity index (χ1) is 14.7. The molecule has 9 heteroatoms. The first-order valence-electron chi connectivity index (χ1n) is 9.50. The molecule has 0 unspecified atom stereocenters. The first-order valence-corrected chi connectivity index (χ1v) is 10.4. The summed E-state index contributed by atoms with van der Waals surface area (Å²) in [4.78, 5) is 18.5. The maximum absolute atomic E-state index is 12.6. The van der Waals surface area contributed by atoms with Crippen LogP contribution < -0.4 is 10.1 Å². The number of carbonyl (C=O) groups is 1. The molecule has 5 nitrogen and oxygen atoms in total. The smallest absolute Gasteiger partial charge is 0.405 e. The van der Waals surface area contributed by atoms with E-state index in [9.17, 15) is 18.0 Å². The van der Waals surface area contributed by atoms with Crippen LogP contribution in [0.2, 0.25) is 0 Å². The molecule has 0 spiro atoms. The Balaban J connectivity index is 1.55. The Labute approximate surface area is 182 Å². The van der Waals surface area contributed by atoms with Gasteiger partial charge >= 0.3 is 6.36 Å². The molecule has 2 aromatic carbocycles. The summed E-state index contributed by atoms with van der Waals surface area (Å²) in [5.41, 5.74) is 3.02. The third kappa shape index (κ3) is 7.37. The second-order valence-corrected chi connectivity index (χ2v) is 8.09. The van der Waals surface area contributed by atoms with Crippen molar-refractivity contribution in [2.24, 2.45) is 0 Å². The van der Waals surface area contributed by atoms with Gasteiger partial charge < -0.3 is 10.1 Å².